The Hall–Kier alpha value is -1.66. The van der Waals surface area contributed by atoms with Gasteiger partial charge in [0, 0.05) is 11.1 Å². The van der Waals surface area contributed by atoms with E-state index in [1.165, 1.54) is 18.2 Å². The molecule has 8 heteroatoms. The van der Waals surface area contributed by atoms with E-state index in [1.54, 1.807) is 6.92 Å². The van der Waals surface area contributed by atoms with Crippen molar-refractivity contribution in [2.75, 3.05) is 6.61 Å². The van der Waals surface area contributed by atoms with Crippen LogP contribution in [0.3, 0.4) is 0 Å². The molecule has 0 aromatic heterocycles. The Morgan fingerprint density at radius 2 is 2.21 bits per heavy atom. The quantitative estimate of drug-likeness (QED) is 0.362. The first-order valence-corrected chi connectivity index (χ1v) is 6.01. The van der Waals surface area contributed by atoms with Gasteiger partial charge in [-0.05, 0) is 19.1 Å². The van der Waals surface area contributed by atoms with Crippen LogP contribution in [0.25, 0.3) is 0 Å². The molecule has 0 fully saturated rings. The second-order valence-corrected chi connectivity index (χ2v) is 4.15. The van der Waals surface area contributed by atoms with Gasteiger partial charge in [0.2, 0.25) is 5.17 Å². The number of halogens is 2. The molecule has 1 aromatic carbocycles. The van der Waals surface area contributed by atoms with Crippen molar-refractivity contribution in [3.63, 3.8) is 0 Å². The summed E-state index contributed by atoms with van der Waals surface area (Å²) in [5.74, 6) is -0.770. The number of carbonyl (C=O) groups is 1. The van der Waals surface area contributed by atoms with E-state index in [1.807, 2.05) is 0 Å². The molecular weight excluding hydrogens is 295 g/mol. The normalized spacial score (nSPS) is 11.2. The molecule has 0 aliphatic carbocycles. The van der Waals surface area contributed by atoms with E-state index >= 15 is 0 Å². The summed E-state index contributed by atoms with van der Waals surface area (Å²) in [6.45, 7) is 1.67. The van der Waals surface area contributed by atoms with Crippen molar-refractivity contribution in [1.82, 2.24) is 0 Å². The van der Waals surface area contributed by atoms with Gasteiger partial charge in [-0.3, -0.25) is 15.1 Å². The van der Waals surface area contributed by atoms with Crippen molar-refractivity contribution >= 4 is 40.0 Å². The van der Waals surface area contributed by atoms with Gasteiger partial charge < -0.3 is 4.74 Å². The topological polar surface area (TPSA) is 81.8 Å². The second-order valence-electron chi connectivity index (χ2n) is 3.36. The van der Waals surface area contributed by atoms with E-state index in [0.29, 0.717) is 5.02 Å². The largest absolute Gasteiger partial charge is 0.461 e. The number of nitro groups is 1. The lowest BCUT2D eigenvalue weighted by atomic mass is 10.2. The third-order valence-electron chi connectivity index (χ3n) is 2.07. The molecule has 19 heavy (non-hydrogen) atoms. The van der Waals surface area contributed by atoms with Crippen LogP contribution < -0.4 is 0 Å². The van der Waals surface area contributed by atoms with E-state index < -0.39 is 10.9 Å². The minimum Gasteiger partial charge on any atom is -0.461 e. The second kappa shape index (κ2) is 7.06. The molecule has 0 radical (unpaired) electrons. The van der Waals surface area contributed by atoms with Crippen LogP contribution in [0.15, 0.2) is 23.2 Å². The summed E-state index contributed by atoms with van der Waals surface area (Å²) in [6, 6.07) is 4.07. The Bertz CT molecular complexity index is 531. The zero-order valence-electron chi connectivity index (χ0n) is 9.93. The van der Waals surface area contributed by atoms with Crippen LogP contribution in [-0.2, 0) is 16.1 Å². The van der Waals surface area contributed by atoms with Crippen molar-refractivity contribution < 1.29 is 14.5 Å². The summed E-state index contributed by atoms with van der Waals surface area (Å²) >= 11 is 11.4. The van der Waals surface area contributed by atoms with Gasteiger partial charge in [0.15, 0.2) is 0 Å². The highest BCUT2D eigenvalue weighted by molar-refractivity contribution is 6.82. The lowest BCUT2D eigenvalue weighted by Crippen LogP contribution is -2.12. The van der Waals surface area contributed by atoms with E-state index in [9.17, 15) is 14.9 Å². The van der Waals surface area contributed by atoms with Crippen molar-refractivity contribution in [1.29, 1.82) is 0 Å². The third kappa shape index (κ3) is 4.50. The summed E-state index contributed by atoms with van der Waals surface area (Å²) < 4.78 is 4.63. The van der Waals surface area contributed by atoms with Crippen LogP contribution in [0.4, 0.5) is 5.69 Å². The smallest absolute Gasteiger partial charge is 0.368 e. The number of esters is 1. The average molecular weight is 305 g/mol. The molecule has 6 nitrogen and oxygen atoms in total. The van der Waals surface area contributed by atoms with Crippen LogP contribution in [-0.4, -0.2) is 22.7 Å². The standard InChI is InChI=1S/C11H10Cl2N2O4/c1-2-19-11(16)10(13)14-6-7-5-8(12)3-4-9(7)15(17)18/h3-5H,2,6H2,1H3. The summed E-state index contributed by atoms with van der Waals surface area (Å²) in [4.78, 5) is 25.2. The minimum atomic E-state index is -0.770. The SMILES string of the molecule is CCOC(=O)C(Cl)=NCc1cc(Cl)ccc1[N+](=O)[O-]. The van der Waals surface area contributed by atoms with Gasteiger partial charge in [0.25, 0.3) is 5.69 Å². The molecule has 1 rings (SSSR count). The van der Waals surface area contributed by atoms with Crippen molar-refractivity contribution in [3.05, 3.63) is 38.9 Å². The van der Waals surface area contributed by atoms with Gasteiger partial charge in [-0.1, -0.05) is 23.2 Å². The number of carbonyl (C=O) groups excluding carboxylic acids is 1. The summed E-state index contributed by atoms with van der Waals surface area (Å²) in [6.07, 6.45) is 0. The number of nitro benzene ring substituents is 1. The van der Waals surface area contributed by atoms with E-state index in [0.717, 1.165) is 0 Å². The fourth-order valence-corrected chi connectivity index (χ4v) is 1.58. The Balaban J connectivity index is 2.93. The number of hydrogen-bond donors (Lipinski definition) is 0. The molecule has 0 saturated carbocycles. The Kier molecular flexibility index (Phi) is 5.72. The fraction of sp³-hybridized carbons (Fsp3) is 0.273. The zero-order valence-corrected chi connectivity index (χ0v) is 11.4. The van der Waals surface area contributed by atoms with Crippen LogP contribution >= 0.6 is 23.2 Å². The first-order chi connectivity index (χ1) is 8.95. The van der Waals surface area contributed by atoms with Crippen LogP contribution in [0.1, 0.15) is 12.5 Å². The Labute approximate surface area is 119 Å². The number of nitrogens with zero attached hydrogens (tertiary/aromatic N) is 2. The number of ether oxygens (including phenoxy) is 1. The Morgan fingerprint density at radius 3 is 2.79 bits per heavy atom. The van der Waals surface area contributed by atoms with Crippen LogP contribution in [0.2, 0.25) is 5.02 Å². The Morgan fingerprint density at radius 1 is 1.53 bits per heavy atom. The molecule has 0 aliphatic rings. The first kappa shape index (κ1) is 15.4. The van der Waals surface area contributed by atoms with Crippen LogP contribution in [0.5, 0.6) is 0 Å². The van der Waals surface area contributed by atoms with Crippen molar-refractivity contribution in [2.24, 2.45) is 4.99 Å². The molecule has 0 heterocycles. The van der Waals surface area contributed by atoms with E-state index in [2.05, 4.69) is 9.73 Å². The maximum atomic E-state index is 11.2. The highest BCUT2D eigenvalue weighted by atomic mass is 35.5. The van der Waals surface area contributed by atoms with Gasteiger partial charge in [-0.15, -0.1) is 0 Å². The number of aliphatic imine (C=N–C) groups is 1. The predicted octanol–water partition coefficient (Wildman–Crippen LogP) is 2.95. The molecule has 1 aromatic rings. The van der Waals surface area contributed by atoms with Gasteiger partial charge in [0.05, 0.1) is 23.6 Å². The monoisotopic (exact) mass is 304 g/mol. The van der Waals surface area contributed by atoms with Gasteiger partial charge in [-0.2, -0.15) is 0 Å². The fourth-order valence-electron chi connectivity index (χ4n) is 1.27. The average Bonchev–Trinajstić information content (AvgIpc) is 2.35. The van der Waals surface area contributed by atoms with Gasteiger partial charge >= 0.3 is 5.97 Å². The molecule has 0 atom stereocenters. The summed E-state index contributed by atoms with van der Waals surface area (Å²) in [7, 11) is 0. The molecule has 0 saturated heterocycles. The molecule has 0 N–H and O–H groups in total. The van der Waals surface area contributed by atoms with Gasteiger partial charge in [0.1, 0.15) is 0 Å². The predicted molar refractivity (Wildman–Crippen MR) is 71.7 cm³/mol. The maximum absolute atomic E-state index is 11.2. The highest BCUT2D eigenvalue weighted by Gasteiger charge is 2.15. The molecule has 0 amide bonds. The number of hydrogen-bond acceptors (Lipinski definition) is 5. The number of benzene rings is 1. The zero-order chi connectivity index (χ0) is 14.4. The lowest BCUT2D eigenvalue weighted by Gasteiger charge is -2.02. The molecule has 0 aliphatic heterocycles. The lowest BCUT2D eigenvalue weighted by molar-refractivity contribution is -0.385. The molecular formula is C11H10Cl2N2O4. The summed E-state index contributed by atoms with van der Waals surface area (Å²) in [5, 5.41) is 10.8. The van der Waals surface area contributed by atoms with Crippen molar-refractivity contribution in [2.45, 2.75) is 13.5 Å². The van der Waals surface area contributed by atoms with Crippen molar-refractivity contribution in [3.8, 4) is 0 Å². The van der Waals surface area contributed by atoms with E-state index in [4.69, 9.17) is 23.2 Å². The van der Waals surface area contributed by atoms with Gasteiger partial charge in [-0.25, -0.2) is 4.79 Å². The maximum Gasteiger partial charge on any atom is 0.368 e. The summed E-state index contributed by atoms with van der Waals surface area (Å²) in [5.41, 5.74) is 0.126. The molecule has 0 bridgehead atoms. The highest BCUT2D eigenvalue weighted by Crippen LogP contribution is 2.23. The third-order valence-corrected chi connectivity index (χ3v) is 2.58. The molecule has 0 spiro atoms. The van der Waals surface area contributed by atoms with E-state index in [-0.39, 0.29) is 29.6 Å². The molecule has 0 unspecified atom stereocenters. The minimum absolute atomic E-state index is 0.130. The van der Waals surface area contributed by atoms with Crippen LogP contribution in [0, 0.1) is 10.1 Å². The molecule has 102 valence electrons. The number of rotatable bonds is 5. The first-order valence-electron chi connectivity index (χ1n) is 5.25.